The summed E-state index contributed by atoms with van der Waals surface area (Å²) in [6, 6.07) is 4.04. The standard InChI is InChI=1S/C15H21N3O3/c1-10(16-7-11-8-17-18-9-11)12-5-13(19-2)15(21-4)14(6-12)20-3/h5-6,8-10,16H,7H2,1-4H3,(H,17,18). The minimum Gasteiger partial charge on any atom is -0.493 e. The number of nitrogens with zero attached hydrogens (tertiary/aromatic N) is 1. The molecule has 0 amide bonds. The van der Waals surface area contributed by atoms with Gasteiger partial charge in [0.1, 0.15) is 0 Å². The molecular weight excluding hydrogens is 270 g/mol. The molecule has 6 heteroatoms. The molecule has 0 aliphatic heterocycles. The molecule has 1 heterocycles. The number of hydrogen-bond donors (Lipinski definition) is 2. The molecule has 0 saturated heterocycles. The Hall–Kier alpha value is -2.21. The molecule has 114 valence electrons. The normalized spacial score (nSPS) is 12.0. The van der Waals surface area contributed by atoms with Gasteiger partial charge in [0.15, 0.2) is 11.5 Å². The quantitative estimate of drug-likeness (QED) is 0.819. The Labute approximate surface area is 124 Å². The van der Waals surface area contributed by atoms with E-state index in [0.29, 0.717) is 17.2 Å². The summed E-state index contributed by atoms with van der Waals surface area (Å²) in [5.74, 6) is 1.92. The number of aromatic amines is 1. The van der Waals surface area contributed by atoms with Crippen LogP contribution in [0.2, 0.25) is 0 Å². The summed E-state index contributed by atoms with van der Waals surface area (Å²) in [7, 11) is 4.83. The SMILES string of the molecule is COc1cc(C(C)NCc2cn[nH]c2)cc(OC)c1OC. The lowest BCUT2D eigenvalue weighted by molar-refractivity contribution is 0.323. The summed E-state index contributed by atoms with van der Waals surface area (Å²) < 4.78 is 16.1. The molecule has 1 aromatic heterocycles. The van der Waals surface area contributed by atoms with Crippen molar-refractivity contribution in [3.63, 3.8) is 0 Å². The maximum Gasteiger partial charge on any atom is 0.203 e. The molecule has 21 heavy (non-hydrogen) atoms. The molecule has 2 N–H and O–H groups in total. The molecular formula is C15H21N3O3. The first-order valence-corrected chi connectivity index (χ1v) is 6.70. The Balaban J connectivity index is 2.18. The van der Waals surface area contributed by atoms with Crippen molar-refractivity contribution in [1.29, 1.82) is 0 Å². The zero-order valence-corrected chi connectivity index (χ0v) is 12.8. The van der Waals surface area contributed by atoms with Crippen molar-refractivity contribution in [2.24, 2.45) is 0 Å². The lowest BCUT2D eigenvalue weighted by Crippen LogP contribution is -2.18. The van der Waals surface area contributed by atoms with Gasteiger partial charge in [-0.25, -0.2) is 0 Å². The minimum absolute atomic E-state index is 0.133. The van der Waals surface area contributed by atoms with Gasteiger partial charge in [-0.2, -0.15) is 5.10 Å². The van der Waals surface area contributed by atoms with Gasteiger partial charge >= 0.3 is 0 Å². The molecule has 6 nitrogen and oxygen atoms in total. The predicted octanol–water partition coefficient (Wildman–Crippen LogP) is 2.29. The summed E-state index contributed by atoms with van der Waals surface area (Å²) in [6.45, 7) is 2.81. The van der Waals surface area contributed by atoms with E-state index in [0.717, 1.165) is 17.7 Å². The largest absolute Gasteiger partial charge is 0.493 e. The molecule has 0 fully saturated rings. The van der Waals surface area contributed by atoms with Crippen LogP contribution in [-0.2, 0) is 6.54 Å². The first-order valence-electron chi connectivity index (χ1n) is 6.70. The number of benzene rings is 1. The fourth-order valence-electron chi connectivity index (χ4n) is 2.11. The Morgan fingerprint density at radius 3 is 2.29 bits per heavy atom. The highest BCUT2D eigenvalue weighted by molar-refractivity contribution is 5.54. The summed E-state index contributed by atoms with van der Waals surface area (Å²) in [5, 5.41) is 10.2. The highest BCUT2D eigenvalue weighted by Crippen LogP contribution is 2.39. The average molecular weight is 291 g/mol. The Kier molecular flexibility index (Phi) is 5.05. The third-order valence-electron chi connectivity index (χ3n) is 3.35. The molecule has 0 spiro atoms. The van der Waals surface area contributed by atoms with Crippen molar-refractivity contribution in [2.45, 2.75) is 19.5 Å². The lowest BCUT2D eigenvalue weighted by Gasteiger charge is -2.18. The van der Waals surface area contributed by atoms with E-state index < -0.39 is 0 Å². The highest BCUT2D eigenvalue weighted by Gasteiger charge is 2.16. The second-order valence-electron chi connectivity index (χ2n) is 4.67. The van der Waals surface area contributed by atoms with Gasteiger partial charge in [0, 0.05) is 24.3 Å². The van der Waals surface area contributed by atoms with Gasteiger partial charge in [-0.15, -0.1) is 0 Å². The highest BCUT2D eigenvalue weighted by atomic mass is 16.5. The molecule has 2 rings (SSSR count). The summed E-state index contributed by atoms with van der Waals surface area (Å²) in [5.41, 5.74) is 2.17. The van der Waals surface area contributed by atoms with Gasteiger partial charge in [-0.05, 0) is 24.6 Å². The van der Waals surface area contributed by atoms with Crippen molar-refractivity contribution >= 4 is 0 Å². The zero-order valence-electron chi connectivity index (χ0n) is 12.8. The van der Waals surface area contributed by atoms with Crippen LogP contribution in [0, 0.1) is 0 Å². The van der Waals surface area contributed by atoms with E-state index in [-0.39, 0.29) is 6.04 Å². The van der Waals surface area contributed by atoms with Gasteiger partial charge in [0.05, 0.1) is 27.5 Å². The second kappa shape index (κ2) is 6.99. The second-order valence-corrected chi connectivity index (χ2v) is 4.67. The molecule has 0 saturated carbocycles. The smallest absolute Gasteiger partial charge is 0.203 e. The van der Waals surface area contributed by atoms with E-state index in [1.54, 1.807) is 27.5 Å². The molecule has 0 aliphatic carbocycles. The Morgan fingerprint density at radius 2 is 1.81 bits per heavy atom. The average Bonchev–Trinajstić information content (AvgIpc) is 3.04. The topological polar surface area (TPSA) is 68.4 Å². The molecule has 0 radical (unpaired) electrons. The molecule has 0 aliphatic rings. The zero-order chi connectivity index (χ0) is 15.2. The van der Waals surface area contributed by atoms with Gasteiger partial charge in [0.25, 0.3) is 0 Å². The molecule has 1 atom stereocenters. The number of nitrogens with one attached hydrogen (secondary N) is 2. The van der Waals surface area contributed by atoms with Gasteiger partial charge in [0.2, 0.25) is 5.75 Å². The maximum atomic E-state index is 5.37. The maximum absolute atomic E-state index is 5.37. The van der Waals surface area contributed by atoms with Gasteiger partial charge < -0.3 is 19.5 Å². The first-order chi connectivity index (χ1) is 10.2. The number of hydrogen-bond acceptors (Lipinski definition) is 5. The molecule has 2 aromatic rings. The van der Waals surface area contributed by atoms with Crippen molar-refractivity contribution in [2.75, 3.05) is 21.3 Å². The third-order valence-corrected chi connectivity index (χ3v) is 3.35. The van der Waals surface area contributed by atoms with Crippen molar-refractivity contribution in [3.05, 3.63) is 35.7 Å². The molecule has 1 aromatic carbocycles. The summed E-state index contributed by atoms with van der Waals surface area (Å²) in [6.07, 6.45) is 3.67. The number of rotatable bonds is 7. The monoisotopic (exact) mass is 291 g/mol. The van der Waals surface area contributed by atoms with Crippen LogP contribution in [0.1, 0.15) is 24.1 Å². The van der Waals surface area contributed by atoms with Crippen LogP contribution in [0.25, 0.3) is 0 Å². The Bertz CT molecular complexity index is 545. The molecule has 1 unspecified atom stereocenters. The van der Waals surface area contributed by atoms with E-state index in [1.807, 2.05) is 18.3 Å². The van der Waals surface area contributed by atoms with Gasteiger partial charge in [-0.1, -0.05) is 0 Å². The number of H-pyrrole nitrogens is 1. The van der Waals surface area contributed by atoms with Crippen LogP contribution in [0.5, 0.6) is 17.2 Å². The Morgan fingerprint density at radius 1 is 1.14 bits per heavy atom. The predicted molar refractivity (Wildman–Crippen MR) is 79.9 cm³/mol. The fraction of sp³-hybridized carbons (Fsp3) is 0.400. The van der Waals surface area contributed by atoms with Crippen LogP contribution in [0.4, 0.5) is 0 Å². The minimum atomic E-state index is 0.133. The van der Waals surface area contributed by atoms with E-state index >= 15 is 0 Å². The summed E-state index contributed by atoms with van der Waals surface area (Å²) >= 11 is 0. The summed E-state index contributed by atoms with van der Waals surface area (Å²) in [4.78, 5) is 0. The third kappa shape index (κ3) is 3.46. The van der Waals surface area contributed by atoms with E-state index in [2.05, 4.69) is 22.4 Å². The van der Waals surface area contributed by atoms with Gasteiger partial charge in [-0.3, -0.25) is 5.10 Å². The van der Waals surface area contributed by atoms with Crippen LogP contribution >= 0.6 is 0 Å². The van der Waals surface area contributed by atoms with E-state index in [9.17, 15) is 0 Å². The fourth-order valence-corrected chi connectivity index (χ4v) is 2.11. The van der Waals surface area contributed by atoms with Crippen molar-refractivity contribution < 1.29 is 14.2 Å². The lowest BCUT2D eigenvalue weighted by atomic mass is 10.1. The molecule has 0 bridgehead atoms. The number of ether oxygens (including phenoxy) is 3. The van der Waals surface area contributed by atoms with Crippen molar-refractivity contribution in [3.8, 4) is 17.2 Å². The first kappa shape index (κ1) is 15.2. The van der Waals surface area contributed by atoms with E-state index in [4.69, 9.17) is 14.2 Å². The van der Waals surface area contributed by atoms with Crippen LogP contribution in [-0.4, -0.2) is 31.5 Å². The van der Waals surface area contributed by atoms with Crippen LogP contribution in [0.3, 0.4) is 0 Å². The van der Waals surface area contributed by atoms with Crippen LogP contribution < -0.4 is 19.5 Å². The number of methoxy groups -OCH3 is 3. The van der Waals surface area contributed by atoms with Crippen molar-refractivity contribution in [1.82, 2.24) is 15.5 Å². The van der Waals surface area contributed by atoms with E-state index in [1.165, 1.54) is 0 Å². The van der Waals surface area contributed by atoms with Crippen LogP contribution in [0.15, 0.2) is 24.5 Å². The number of aromatic nitrogens is 2.